The van der Waals surface area contributed by atoms with Crippen LogP contribution in [-0.4, -0.2) is 12.1 Å². The van der Waals surface area contributed by atoms with E-state index in [1.54, 1.807) is 12.1 Å². The van der Waals surface area contributed by atoms with Crippen molar-refractivity contribution < 1.29 is 13.2 Å². The summed E-state index contributed by atoms with van der Waals surface area (Å²) in [5, 5.41) is 0. The van der Waals surface area contributed by atoms with Crippen LogP contribution in [0.2, 0.25) is 0 Å². The number of alkyl halides is 3. The van der Waals surface area contributed by atoms with E-state index in [2.05, 4.69) is 0 Å². The Morgan fingerprint density at radius 1 is 1.19 bits per heavy atom. The molecule has 2 nitrogen and oxygen atoms in total. The first-order chi connectivity index (χ1) is 7.42. The van der Waals surface area contributed by atoms with E-state index in [4.69, 9.17) is 11.5 Å². The van der Waals surface area contributed by atoms with Crippen molar-refractivity contribution in [2.45, 2.75) is 22.9 Å². The Morgan fingerprint density at radius 2 is 1.75 bits per heavy atom. The van der Waals surface area contributed by atoms with Gasteiger partial charge in [-0.15, -0.1) is 0 Å². The average molecular weight is 250 g/mol. The van der Waals surface area contributed by atoms with Gasteiger partial charge in [-0.2, -0.15) is 13.2 Å². The molecule has 0 saturated carbocycles. The Labute approximate surface area is 96.2 Å². The van der Waals surface area contributed by atoms with E-state index in [-0.39, 0.29) is 22.7 Å². The van der Waals surface area contributed by atoms with Crippen molar-refractivity contribution in [1.29, 1.82) is 0 Å². The summed E-state index contributed by atoms with van der Waals surface area (Å²) in [5.41, 5.74) is 7.67. The van der Waals surface area contributed by atoms with Gasteiger partial charge in [0.1, 0.15) is 0 Å². The molecular weight excluding hydrogens is 237 g/mol. The van der Waals surface area contributed by atoms with Gasteiger partial charge in [-0.05, 0) is 42.4 Å². The number of benzene rings is 1. The number of halogens is 3. The van der Waals surface area contributed by atoms with Crippen LogP contribution < -0.4 is 11.5 Å². The van der Waals surface area contributed by atoms with E-state index in [1.165, 1.54) is 12.1 Å². The molecule has 0 aromatic heterocycles. The molecule has 0 spiro atoms. The molecule has 4 N–H and O–H groups in total. The molecule has 1 atom stereocenters. The van der Waals surface area contributed by atoms with Crippen LogP contribution in [0.4, 0.5) is 13.2 Å². The van der Waals surface area contributed by atoms with Crippen molar-refractivity contribution in [3.05, 3.63) is 29.8 Å². The third-order valence-corrected chi connectivity index (χ3v) is 2.76. The summed E-state index contributed by atoms with van der Waals surface area (Å²) in [5.74, 6) is 0. The molecule has 0 fully saturated rings. The summed E-state index contributed by atoms with van der Waals surface area (Å²) < 4.78 is 36.1. The number of hydrogen-bond donors (Lipinski definition) is 2. The first kappa shape index (κ1) is 13.3. The third-order valence-electron chi connectivity index (χ3n) is 2.02. The molecule has 0 aliphatic carbocycles. The van der Waals surface area contributed by atoms with Crippen LogP contribution in [0.3, 0.4) is 0 Å². The molecule has 6 heteroatoms. The SMILES string of the molecule is NCC[C@@H](N)c1ccc(SC(F)(F)F)cc1. The summed E-state index contributed by atoms with van der Waals surface area (Å²) in [6.07, 6.45) is 0.617. The Kier molecular flexibility index (Phi) is 4.64. The van der Waals surface area contributed by atoms with Gasteiger partial charge in [0.05, 0.1) is 0 Å². The van der Waals surface area contributed by atoms with Crippen molar-refractivity contribution in [1.82, 2.24) is 0 Å². The van der Waals surface area contributed by atoms with Crippen molar-refractivity contribution in [3.63, 3.8) is 0 Å². The standard InChI is InChI=1S/C10H13F3N2S/c11-10(12,13)16-8-3-1-7(2-4-8)9(15)5-6-14/h1-4,9H,5-6,14-15H2/t9-/m1/s1. The summed E-state index contributed by atoms with van der Waals surface area (Å²) in [6.45, 7) is 0.459. The van der Waals surface area contributed by atoms with E-state index in [9.17, 15) is 13.2 Å². The Bertz CT molecular complexity index is 324. The molecule has 0 amide bonds. The predicted molar refractivity (Wildman–Crippen MR) is 59.0 cm³/mol. The molecule has 1 aromatic carbocycles. The lowest BCUT2D eigenvalue weighted by atomic mass is 10.1. The molecule has 0 aliphatic heterocycles. The summed E-state index contributed by atoms with van der Waals surface area (Å²) in [7, 11) is 0. The van der Waals surface area contributed by atoms with Gasteiger partial charge in [-0.25, -0.2) is 0 Å². The van der Waals surface area contributed by atoms with Crippen LogP contribution in [0.5, 0.6) is 0 Å². The normalized spacial score (nSPS) is 13.8. The second kappa shape index (κ2) is 5.56. The number of rotatable bonds is 4. The minimum atomic E-state index is -4.25. The van der Waals surface area contributed by atoms with E-state index in [0.717, 1.165) is 5.56 Å². The maximum atomic E-state index is 12.0. The predicted octanol–water partition coefficient (Wildman–Crippen LogP) is 2.65. The lowest BCUT2D eigenvalue weighted by Gasteiger charge is -2.11. The molecule has 0 heterocycles. The van der Waals surface area contributed by atoms with Crippen LogP contribution >= 0.6 is 11.8 Å². The zero-order valence-electron chi connectivity index (χ0n) is 8.50. The van der Waals surface area contributed by atoms with Gasteiger partial charge in [0.15, 0.2) is 0 Å². The maximum absolute atomic E-state index is 12.0. The molecule has 0 bridgehead atoms. The van der Waals surface area contributed by atoms with Crippen LogP contribution in [-0.2, 0) is 0 Å². The molecule has 0 aliphatic rings. The molecule has 0 unspecified atom stereocenters. The number of hydrogen-bond acceptors (Lipinski definition) is 3. The van der Waals surface area contributed by atoms with Gasteiger partial charge in [-0.3, -0.25) is 0 Å². The van der Waals surface area contributed by atoms with Crippen LogP contribution in [0.25, 0.3) is 0 Å². The summed E-state index contributed by atoms with van der Waals surface area (Å²) in [4.78, 5) is 0.163. The molecule has 1 aromatic rings. The van der Waals surface area contributed by atoms with Crippen LogP contribution in [0.1, 0.15) is 18.0 Å². The molecule has 16 heavy (non-hydrogen) atoms. The van der Waals surface area contributed by atoms with E-state index >= 15 is 0 Å². The minimum absolute atomic E-state index is 0.131. The Morgan fingerprint density at radius 3 is 2.19 bits per heavy atom. The summed E-state index contributed by atoms with van der Waals surface area (Å²) >= 11 is -0.131. The molecular formula is C10H13F3N2S. The van der Waals surface area contributed by atoms with E-state index in [0.29, 0.717) is 13.0 Å². The highest BCUT2D eigenvalue weighted by molar-refractivity contribution is 8.00. The van der Waals surface area contributed by atoms with Gasteiger partial charge in [-0.1, -0.05) is 12.1 Å². The van der Waals surface area contributed by atoms with E-state index in [1.807, 2.05) is 0 Å². The monoisotopic (exact) mass is 250 g/mol. The fraction of sp³-hybridized carbons (Fsp3) is 0.400. The van der Waals surface area contributed by atoms with Gasteiger partial charge in [0.25, 0.3) is 0 Å². The van der Waals surface area contributed by atoms with Gasteiger partial charge in [0, 0.05) is 10.9 Å². The van der Waals surface area contributed by atoms with Crippen molar-refractivity contribution in [2.75, 3.05) is 6.54 Å². The maximum Gasteiger partial charge on any atom is 0.446 e. The second-order valence-electron chi connectivity index (χ2n) is 3.30. The van der Waals surface area contributed by atoms with Crippen molar-refractivity contribution >= 4 is 11.8 Å². The molecule has 0 radical (unpaired) electrons. The summed E-state index contributed by atoms with van der Waals surface area (Å²) in [6, 6.07) is 5.84. The zero-order valence-corrected chi connectivity index (χ0v) is 9.31. The Balaban J connectivity index is 2.68. The topological polar surface area (TPSA) is 52.0 Å². The lowest BCUT2D eigenvalue weighted by molar-refractivity contribution is -0.0328. The molecule has 1 rings (SSSR count). The average Bonchev–Trinajstić information content (AvgIpc) is 2.16. The second-order valence-corrected chi connectivity index (χ2v) is 4.44. The van der Waals surface area contributed by atoms with Gasteiger partial charge < -0.3 is 11.5 Å². The first-order valence-electron chi connectivity index (χ1n) is 4.74. The highest BCUT2D eigenvalue weighted by Crippen LogP contribution is 2.36. The Hall–Kier alpha value is -0.720. The fourth-order valence-corrected chi connectivity index (χ4v) is 1.80. The van der Waals surface area contributed by atoms with Crippen LogP contribution in [0, 0.1) is 0 Å². The lowest BCUT2D eigenvalue weighted by Crippen LogP contribution is -2.15. The highest BCUT2D eigenvalue weighted by Gasteiger charge is 2.29. The third kappa shape index (κ3) is 4.42. The first-order valence-corrected chi connectivity index (χ1v) is 5.55. The minimum Gasteiger partial charge on any atom is -0.330 e. The van der Waals surface area contributed by atoms with Gasteiger partial charge in [0.2, 0.25) is 0 Å². The zero-order chi connectivity index (χ0) is 12.2. The molecule has 0 saturated heterocycles. The smallest absolute Gasteiger partial charge is 0.330 e. The van der Waals surface area contributed by atoms with E-state index < -0.39 is 5.51 Å². The molecule has 90 valence electrons. The van der Waals surface area contributed by atoms with Crippen molar-refractivity contribution in [2.24, 2.45) is 11.5 Å². The quantitative estimate of drug-likeness (QED) is 0.808. The fourth-order valence-electron chi connectivity index (χ4n) is 1.26. The van der Waals surface area contributed by atoms with Crippen LogP contribution in [0.15, 0.2) is 29.2 Å². The highest BCUT2D eigenvalue weighted by atomic mass is 32.2. The largest absolute Gasteiger partial charge is 0.446 e. The number of thioether (sulfide) groups is 1. The van der Waals surface area contributed by atoms with Gasteiger partial charge >= 0.3 is 5.51 Å². The number of nitrogens with two attached hydrogens (primary N) is 2. The van der Waals surface area contributed by atoms with Crippen molar-refractivity contribution in [3.8, 4) is 0 Å².